The van der Waals surface area contributed by atoms with Crippen molar-refractivity contribution < 1.29 is 19.5 Å². The summed E-state index contributed by atoms with van der Waals surface area (Å²) in [6, 6.07) is 0. The number of likely N-dealkylation sites (N-methyl/N-ethyl adjacent to an activating group) is 1. The zero-order valence-corrected chi connectivity index (χ0v) is 19.7. The van der Waals surface area contributed by atoms with Crippen LogP contribution < -0.4 is 0 Å². The van der Waals surface area contributed by atoms with Gasteiger partial charge in [-0.15, -0.1) is 0 Å². The first-order chi connectivity index (χ1) is 13.7. The van der Waals surface area contributed by atoms with Crippen LogP contribution in [-0.4, -0.2) is 54.0 Å². The molecule has 170 valence electrons. The number of rotatable bonds is 19. The minimum atomic E-state index is -1.10. The Morgan fingerprint density at radius 3 is 1.86 bits per heavy atom. The SMILES string of the molecule is CCCCC/C=C/C/C=C/CCCCCCCCC(O)(CC(=O)O)C[N+](C)(C)C. The lowest BCUT2D eigenvalue weighted by Crippen LogP contribution is -2.50. The number of carboxylic acid groups (broad SMARTS) is 1. The maximum absolute atomic E-state index is 11.1. The monoisotopic (exact) mass is 410 g/mol. The molecule has 0 aliphatic carbocycles. The smallest absolute Gasteiger partial charge is 0.306 e. The lowest BCUT2D eigenvalue weighted by molar-refractivity contribution is -0.877. The van der Waals surface area contributed by atoms with E-state index in [9.17, 15) is 9.90 Å². The number of allylic oxidation sites excluding steroid dienone is 4. The maximum atomic E-state index is 11.1. The highest BCUT2D eigenvalue weighted by atomic mass is 16.4. The van der Waals surface area contributed by atoms with E-state index >= 15 is 0 Å². The van der Waals surface area contributed by atoms with Gasteiger partial charge in [0.25, 0.3) is 0 Å². The summed E-state index contributed by atoms with van der Waals surface area (Å²) in [6.07, 6.45) is 23.7. The number of aliphatic carboxylic acids is 1. The van der Waals surface area contributed by atoms with Crippen LogP contribution in [0, 0.1) is 0 Å². The van der Waals surface area contributed by atoms with Crippen LogP contribution in [0.25, 0.3) is 0 Å². The van der Waals surface area contributed by atoms with Gasteiger partial charge in [0.05, 0.1) is 27.6 Å². The first kappa shape index (κ1) is 27.9. The molecule has 4 nitrogen and oxygen atoms in total. The summed E-state index contributed by atoms with van der Waals surface area (Å²) in [5.74, 6) is -0.916. The topological polar surface area (TPSA) is 57.5 Å². The summed E-state index contributed by atoms with van der Waals surface area (Å²) in [7, 11) is 5.97. The molecule has 0 radical (unpaired) electrons. The van der Waals surface area contributed by atoms with E-state index in [4.69, 9.17) is 5.11 Å². The molecule has 0 rings (SSSR count). The van der Waals surface area contributed by atoms with Crippen molar-refractivity contribution in [1.29, 1.82) is 0 Å². The van der Waals surface area contributed by atoms with Crippen LogP contribution in [0.3, 0.4) is 0 Å². The summed E-state index contributed by atoms with van der Waals surface area (Å²) >= 11 is 0. The van der Waals surface area contributed by atoms with Crippen LogP contribution in [0.1, 0.15) is 96.8 Å². The Labute approximate surface area is 180 Å². The fourth-order valence-electron chi connectivity index (χ4n) is 3.83. The standard InChI is InChI=1S/C25H47NO3/c1-5-6-7-8-9-10-11-12-13-14-15-16-17-18-19-20-21-25(29,22-24(27)28)23-26(2,3)4/h9-10,12-13,29H,5-8,11,14-23H2,1-4H3/p+1/b10-9+,13-12+. The molecule has 0 spiro atoms. The van der Waals surface area contributed by atoms with Gasteiger partial charge in [-0.3, -0.25) is 4.79 Å². The molecule has 1 unspecified atom stereocenters. The molecule has 0 aromatic rings. The number of aliphatic hydroxyl groups is 1. The Balaban J connectivity index is 3.72. The fourth-order valence-corrected chi connectivity index (χ4v) is 3.83. The van der Waals surface area contributed by atoms with Crippen molar-refractivity contribution in [3.8, 4) is 0 Å². The Hall–Kier alpha value is -1.13. The Kier molecular flexibility index (Phi) is 16.0. The molecule has 0 aromatic heterocycles. The molecular weight excluding hydrogens is 362 g/mol. The van der Waals surface area contributed by atoms with Gasteiger partial charge in [0.15, 0.2) is 0 Å². The second-order valence-electron chi connectivity index (χ2n) is 9.58. The molecule has 0 bridgehead atoms. The van der Waals surface area contributed by atoms with Crippen LogP contribution in [0.4, 0.5) is 0 Å². The Morgan fingerprint density at radius 1 is 0.828 bits per heavy atom. The van der Waals surface area contributed by atoms with E-state index in [0.717, 1.165) is 32.1 Å². The molecule has 0 amide bonds. The molecule has 0 heterocycles. The van der Waals surface area contributed by atoms with Crippen molar-refractivity contribution >= 4 is 5.97 Å². The van der Waals surface area contributed by atoms with Gasteiger partial charge in [-0.25, -0.2) is 0 Å². The summed E-state index contributed by atoms with van der Waals surface area (Å²) in [5.41, 5.74) is -1.10. The summed E-state index contributed by atoms with van der Waals surface area (Å²) in [6.45, 7) is 2.71. The van der Waals surface area contributed by atoms with E-state index < -0.39 is 11.6 Å². The lowest BCUT2D eigenvalue weighted by atomic mass is 9.91. The minimum Gasteiger partial charge on any atom is -0.481 e. The lowest BCUT2D eigenvalue weighted by Gasteiger charge is -2.34. The largest absolute Gasteiger partial charge is 0.481 e. The van der Waals surface area contributed by atoms with E-state index in [2.05, 4.69) is 31.2 Å². The van der Waals surface area contributed by atoms with E-state index in [1.807, 2.05) is 21.1 Å². The number of hydrogen-bond acceptors (Lipinski definition) is 2. The molecule has 2 N–H and O–H groups in total. The molecule has 0 fully saturated rings. The molecule has 0 saturated heterocycles. The molecule has 0 aliphatic rings. The molecule has 4 heteroatoms. The van der Waals surface area contributed by atoms with Gasteiger partial charge in [-0.05, 0) is 38.5 Å². The van der Waals surface area contributed by atoms with Crippen molar-refractivity contribution in [3.63, 3.8) is 0 Å². The summed E-state index contributed by atoms with van der Waals surface area (Å²) in [5, 5.41) is 19.8. The predicted octanol–water partition coefficient (Wildman–Crippen LogP) is 6.10. The third-order valence-electron chi connectivity index (χ3n) is 5.09. The van der Waals surface area contributed by atoms with E-state index in [-0.39, 0.29) is 6.42 Å². The van der Waals surface area contributed by atoms with Crippen LogP contribution in [0.2, 0.25) is 0 Å². The fraction of sp³-hybridized carbons (Fsp3) is 0.800. The highest BCUT2D eigenvalue weighted by molar-refractivity contribution is 5.68. The molecule has 0 saturated carbocycles. The zero-order chi connectivity index (χ0) is 22.0. The van der Waals surface area contributed by atoms with Gasteiger partial charge in [-0.1, -0.05) is 76.2 Å². The normalized spacial score (nSPS) is 14.7. The van der Waals surface area contributed by atoms with Crippen LogP contribution in [-0.2, 0) is 4.79 Å². The van der Waals surface area contributed by atoms with Gasteiger partial charge in [0, 0.05) is 0 Å². The molecule has 0 aromatic carbocycles. The average Bonchev–Trinajstić information content (AvgIpc) is 2.59. The number of carbonyl (C=O) groups is 1. The molecule has 0 aliphatic heterocycles. The number of nitrogens with zero attached hydrogens (tertiary/aromatic N) is 1. The third-order valence-corrected chi connectivity index (χ3v) is 5.09. The number of unbranched alkanes of at least 4 members (excludes halogenated alkanes) is 9. The van der Waals surface area contributed by atoms with Gasteiger partial charge < -0.3 is 14.7 Å². The number of hydrogen-bond donors (Lipinski definition) is 2. The van der Waals surface area contributed by atoms with E-state index in [1.165, 1.54) is 44.9 Å². The third kappa shape index (κ3) is 19.9. The number of carboxylic acids is 1. The second kappa shape index (κ2) is 16.6. The highest BCUT2D eigenvalue weighted by Gasteiger charge is 2.35. The van der Waals surface area contributed by atoms with Crippen molar-refractivity contribution in [2.24, 2.45) is 0 Å². The first-order valence-electron chi connectivity index (χ1n) is 11.7. The Bertz CT molecular complexity index is 465. The van der Waals surface area contributed by atoms with Gasteiger partial charge >= 0.3 is 5.97 Å². The summed E-state index contributed by atoms with van der Waals surface area (Å²) in [4.78, 5) is 11.1. The Morgan fingerprint density at radius 2 is 1.34 bits per heavy atom. The van der Waals surface area contributed by atoms with Crippen LogP contribution in [0.5, 0.6) is 0 Å². The van der Waals surface area contributed by atoms with Crippen molar-refractivity contribution in [2.45, 2.75) is 102 Å². The van der Waals surface area contributed by atoms with Gasteiger partial charge in [0.2, 0.25) is 0 Å². The second-order valence-corrected chi connectivity index (χ2v) is 9.58. The van der Waals surface area contributed by atoms with Gasteiger partial charge in [-0.2, -0.15) is 0 Å². The minimum absolute atomic E-state index is 0.164. The average molecular weight is 411 g/mol. The van der Waals surface area contributed by atoms with Crippen LogP contribution >= 0.6 is 0 Å². The van der Waals surface area contributed by atoms with Crippen molar-refractivity contribution in [1.82, 2.24) is 0 Å². The number of quaternary nitrogens is 1. The molecule has 1 atom stereocenters. The highest BCUT2D eigenvalue weighted by Crippen LogP contribution is 2.23. The van der Waals surface area contributed by atoms with Gasteiger partial charge in [0.1, 0.15) is 12.1 Å². The summed E-state index contributed by atoms with van der Waals surface area (Å²) < 4.78 is 0.575. The van der Waals surface area contributed by atoms with E-state index in [1.54, 1.807) is 0 Å². The molecular formula is C25H48NO3+. The van der Waals surface area contributed by atoms with E-state index in [0.29, 0.717) is 17.4 Å². The zero-order valence-electron chi connectivity index (χ0n) is 19.7. The van der Waals surface area contributed by atoms with Crippen molar-refractivity contribution in [3.05, 3.63) is 24.3 Å². The quantitative estimate of drug-likeness (QED) is 0.154. The predicted molar refractivity (Wildman–Crippen MR) is 124 cm³/mol. The van der Waals surface area contributed by atoms with Crippen LogP contribution in [0.15, 0.2) is 24.3 Å². The van der Waals surface area contributed by atoms with Crippen molar-refractivity contribution in [2.75, 3.05) is 27.7 Å². The maximum Gasteiger partial charge on any atom is 0.306 e. The molecule has 29 heavy (non-hydrogen) atoms. The first-order valence-corrected chi connectivity index (χ1v) is 11.7.